The third-order valence-corrected chi connectivity index (χ3v) is 3.20. The Labute approximate surface area is 104 Å². The number of methoxy groups -OCH3 is 1. The summed E-state index contributed by atoms with van der Waals surface area (Å²) in [6.45, 7) is 1.72. The molecule has 0 heterocycles. The minimum absolute atomic E-state index is 0.703. The highest BCUT2D eigenvalue weighted by molar-refractivity contribution is 5.73. The van der Waals surface area contributed by atoms with Crippen LogP contribution in [0.1, 0.15) is 23.1 Å². The first-order valence-electron chi connectivity index (χ1n) is 6.15. The SMILES string of the molecule is COCc1ccc2c(c1)/C(=C/CN(C)C)CC2. The van der Waals surface area contributed by atoms with Crippen molar-refractivity contribution in [2.24, 2.45) is 0 Å². The van der Waals surface area contributed by atoms with Crippen LogP contribution in [0.4, 0.5) is 0 Å². The fraction of sp³-hybridized carbons (Fsp3) is 0.467. The lowest BCUT2D eigenvalue weighted by Gasteiger charge is -2.08. The summed E-state index contributed by atoms with van der Waals surface area (Å²) in [4.78, 5) is 2.20. The van der Waals surface area contributed by atoms with Gasteiger partial charge in [0.1, 0.15) is 0 Å². The molecule has 0 unspecified atom stereocenters. The lowest BCUT2D eigenvalue weighted by Crippen LogP contribution is -2.10. The highest BCUT2D eigenvalue weighted by Crippen LogP contribution is 2.32. The molecule has 0 N–H and O–H groups in total. The Bertz CT molecular complexity index is 421. The molecule has 0 saturated carbocycles. The number of benzene rings is 1. The first-order valence-corrected chi connectivity index (χ1v) is 6.15. The highest BCUT2D eigenvalue weighted by Gasteiger charge is 2.16. The maximum Gasteiger partial charge on any atom is 0.0713 e. The number of allylic oxidation sites excluding steroid dienone is 1. The number of hydrogen-bond donors (Lipinski definition) is 0. The number of likely N-dealkylation sites (N-methyl/N-ethyl adjacent to an activating group) is 1. The zero-order valence-electron chi connectivity index (χ0n) is 11.0. The first-order chi connectivity index (χ1) is 8.20. The van der Waals surface area contributed by atoms with Gasteiger partial charge < -0.3 is 9.64 Å². The van der Waals surface area contributed by atoms with Gasteiger partial charge in [0.15, 0.2) is 0 Å². The molecule has 92 valence electrons. The van der Waals surface area contributed by atoms with E-state index < -0.39 is 0 Å². The highest BCUT2D eigenvalue weighted by atomic mass is 16.5. The Morgan fingerprint density at radius 2 is 2.12 bits per heavy atom. The fourth-order valence-corrected chi connectivity index (χ4v) is 2.31. The Morgan fingerprint density at radius 1 is 1.29 bits per heavy atom. The van der Waals surface area contributed by atoms with E-state index >= 15 is 0 Å². The molecule has 1 aromatic rings. The molecule has 1 aliphatic carbocycles. The maximum atomic E-state index is 5.19. The summed E-state index contributed by atoms with van der Waals surface area (Å²) in [6.07, 6.45) is 4.71. The average Bonchev–Trinajstić information content (AvgIpc) is 2.69. The van der Waals surface area contributed by atoms with Gasteiger partial charge in [-0.1, -0.05) is 18.2 Å². The summed E-state index contributed by atoms with van der Waals surface area (Å²) < 4.78 is 5.19. The van der Waals surface area contributed by atoms with Crippen molar-refractivity contribution in [3.05, 3.63) is 41.0 Å². The van der Waals surface area contributed by atoms with Crippen molar-refractivity contribution in [2.75, 3.05) is 27.7 Å². The molecule has 2 rings (SSSR count). The fourth-order valence-electron chi connectivity index (χ4n) is 2.31. The number of fused-ring (bicyclic) bond motifs is 1. The zero-order chi connectivity index (χ0) is 12.3. The van der Waals surface area contributed by atoms with E-state index in [2.05, 4.69) is 43.3 Å². The van der Waals surface area contributed by atoms with Gasteiger partial charge in [-0.3, -0.25) is 0 Å². The van der Waals surface area contributed by atoms with Gasteiger partial charge in [-0.05, 0) is 55.3 Å². The molecule has 0 saturated heterocycles. The topological polar surface area (TPSA) is 12.5 Å². The Morgan fingerprint density at radius 3 is 2.82 bits per heavy atom. The van der Waals surface area contributed by atoms with Gasteiger partial charge >= 0.3 is 0 Å². The minimum atomic E-state index is 0.703. The van der Waals surface area contributed by atoms with Crippen LogP contribution in [0, 0.1) is 0 Å². The summed E-state index contributed by atoms with van der Waals surface area (Å²) in [5.74, 6) is 0. The standard InChI is InChI=1S/C15H21NO/c1-16(2)9-8-14-7-6-13-5-4-12(11-17-3)10-15(13)14/h4-5,8,10H,6-7,9,11H2,1-3H3/b14-8+. The second kappa shape index (κ2) is 5.48. The molecule has 0 bridgehead atoms. The summed E-state index contributed by atoms with van der Waals surface area (Å²) in [5.41, 5.74) is 5.67. The van der Waals surface area contributed by atoms with Crippen LogP contribution >= 0.6 is 0 Å². The van der Waals surface area contributed by atoms with Gasteiger partial charge in [-0.15, -0.1) is 0 Å². The lowest BCUT2D eigenvalue weighted by atomic mass is 10.0. The Kier molecular flexibility index (Phi) is 3.97. The largest absolute Gasteiger partial charge is 0.380 e. The van der Waals surface area contributed by atoms with Crippen LogP contribution in [-0.2, 0) is 17.8 Å². The van der Waals surface area contributed by atoms with Crippen LogP contribution in [-0.4, -0.2) is 32.6 Å². The molecule has 0 amide bonds. The summed E-state index contributed by atoms with van der Waals surface area (Å²) in [7, 11) is 5.96. The predicted octanol–water partition coefficient (Wildman–Crippen LogP) is 2.72. The smallest absolute Gasteiger partial charge is 0.0713 e. The van der Waals surface area contributed by atoms with Crippen molar-refractivity contribution >= 4 is 5.57 Å². The second-order valence-electron chi connectivity index (χ2n) is 4.92. The summed E-state index contributed by atoms with van der Waals surface area (Å²) >= 11 is 0. The molecule has 0 aliphatic heterocycles. The van der Waals surface area contributed by atoms with Gasteiger partial charge in [0, 0.05) is 13.7 Å². The molecule has 2 heteroatoms. The molecule has 1 aromatic carbocycles. The second-order valence-corrected chi connectivity index (χ2v) is 4.92. The van der Waals surface area contributed by atoms with Crippen LogP contribution in [0.2, 0.25) is 0 Å². The van der Waals surface area contributed by atoms with E-state index in [4.69, 9.17) is 4.74 Å². The zero-order valence-corrected chi connectivity index (χ0v) is 11.0. The van der Waals surface area contributed by atoms with Crippen molar-refractivity contribution in [1.29, 1.82) is 0 Å². The predicted molar refractivity (Wildman–Crippen MR) is 72.0 cm³/mol. The van der Waals surface area contributed by atoms with E-state index in [1.54, 1.807) is 7.11 Å². The van der Waals surface area contributed by atoms with Crippen molar-refractivity contribution in [1.82, 2.24) is 4.90 Å². The molecule has 0 spiro atoms. The molecule has 0 fully saturated rings. The van der Waals surface area contributed by atoms with Gasteiger partial charge in [-0.2, -0.15) is 0 Å². The number of nitrogens with zero attached hydrogens (tertiary/aromatic N) is 1. The average molecular weight is 231 g/mol. The van der Waals surface area contributed by atoms with Gasteiger partial charge in [0.25, 0.3) is 0 Å². The van der Waals surface area contributed by atoms with E-state index in [1.165, 1.54) is 35.1 Å². The van der Waals surface area contributed by atoms with E-state index in [0.29, 0.717) is 6.61 Å². The minimum Gasteiger partial charge on any atom is -0.380 e. The molecule has 2 nitrogen and oxygen atoms in total. The molecule has 17 heavy (non-hydrogen) atoms. The summed E-state index contributed by atoms with van der Waals surface area (Å²) in [5, 5.41) is 0. The molecule has 0 aromatic heterocycles. The number of rotatable bonds is 4. The van der Waals surface area contributed by atoms with Crippen LogP contribution < -0.4 is 0 Å². The van der Waals surface area contributed by atoms with Gasteiger partial charge in [-0.25, -0.2) is 0 Å². The van der Waals surface area contributed by atoms with Gasteiger partial charge in [0.2, 0.25) is 0 Å². The number of aryl methyl sites for hydroxylation is 1. The van der Waals surface area contributed by atoms with Crippen LogP contribution in [0.5, 0.6) is 0 Å². The summed E-state index contributed by atoms with van der Waals surface area (Å²) in [6, 6.07) is 6.71. The van der Waals surface area contributed by atoms with E-state index in [0.717, 1.165) is 6.54 Å². The Balaban J connectivity index is 2.23. The Hall–Kier alpha value is -1.12. The molecular weight excluding hydrogens is 210 g/mol. The van der Waals surface area contributed by atoms with Crippen molar-refractivity contribution in [3.8, 4) is 0 Å². The van der Waals surface area contributed by atoms with Gasteiger partial charge in [0.05, 0.1) is 6.61 Å². The van der Waals surface area contributed by atoms with Crippen LogP contribution in [0.3, 0.4) is 0 Å². The quantitative estimate of drug-likeness (QED) is 0.790. The first kappa shape index (κ1) is 12.3. The van der Waals surface area contributed by atoms with E-state index in [1.807, 2.05) is 0 Å². The van der Waals surface area contributed by atoms with Crippen molar-refractivity contribution < 1.29 is 4.74 Å². The normalized spacial score (nSPS) is 16.8. The van der Waals surface area contributed by atoms with Crippen molar-refractivity contribution in [2.45, 2.75) is 19.4 Å². The number of ether oxygens (including phenoxy) is 1. The molecule has 0 radical (unpaired) electrons. The van der Waals surface area contributed by atoms with Crippen LogP contribution in [0.25, 0.3) is 5.57 Å². The lowest BCUT2D eigenvalue weighted by molar-refractivity contribution is 0.185. The molecular formula is C15H21NO. The monoisotopic (exact) mass is 231 g/mol. The molecule has 1 aliphatic rings. The van der Waals surface area contributed by atoms with Crippen LogP contribution in [0.15, 0.2) is 24.3 Å². The maximum absolute atomic E-state index is 5.19. The third-order valence-electron chi connectivity index (χ3n) is 3.20. The van der Waals surface area contributed by atoms with Crippen molar-refractivity contribution in [3.63, 3.8) is 0 Å². The van der Waals surface area contributed by atoms with E-state index in [9.17, 15) is 0 Å². The third kappa shape index (κ3) is 2.96. The number of hydrogen-bond acceptors (Lipinski definition) is 2. The molecule has 0 atom stereocenters. The van der Waals surface area contributed by atoms with E-state index in [-0.39, 0.29) is 0 Å².